The zero-order valence-corrected chi connectivity index (χ0v) is 12.0. The van der Waals surface area contributed by atoms with E-state index < -0.39 is 0 Å². The number of carbonyl (C=O) groups excluding carboxylic acids is 1. The SMILES string of the molecule is O=C(Nc1nc(C2CC2)cs1)c1ccncc1C#CCO. The molecule has 0 aliphatic heterocycles. The smallest absolute Gasteiger partial charge is 0.258 e. The van der Waals surface area contributed by atoms with Crippen LogP contribution in [0.4, 0.5) is 5.13 Å². The fourth-order valence-corrected chi connectivity index (χ4v) is 2.69. The molecule has 1 aliphatic carbocycles. The zero-order valence-electron chi connectivity index (χ0n) is 11.2. The lowest BCUT2D eigenvalue weighted by atomic mass is 10.1. The lowest BCUT2D eigenvalue weighted by Gasteiger charge is -2.03. The highest BCUT2D eigenvalue weighted by Gasteiger charge is 2.26. The van der Waals surface area contributed by atoms with Crippen molar-refractivity contribution < 1.29 is 9.90 Å². The van der Waals surface area contributed by atoms with Gasteiger partial charge >= 0.3 is 0 Å². The van der Waals surface area contributed by atoms with Gasteiger partial charge in [0.25, 0.3) is 5.91 Å². The Bertz CT molecular complexity index is 726. The third-order valence-electron chi connectivity index (χ3n) is 3.11. The summed E-state index contributed by atoms with van der Waals surface area (Å²) in [5.74, 6) is 5.55. The van der Waals surface area contributed by atoms with Crippen LogP contribution >= 0.6 is 11.3 Å². The topological polar surface area (TPSA) is 75.1 Å². The number of aliphatic hydroxyl groups excluding tert-OH is 1. The summed E-state index contributed by atoms with van der Waals surface area (Å²) in [5.41, 5.74) is 1.97. The molecule has 21 heavy (non-hydrogen) atoms. The van der Waals surface area contributed by atoms with Gasteiger partial charge in [-0.1, -0.05) is 11.8 Å². The Labute approximate surface area is 126 Å². The van der Waals surface area contributed by atoms with Gasteiger partial charge in [-0.25, -0.2) is 4.98 Å². The molecule has 2 aromatic rings. The summed E-state index contributed by atoms with van der Waals surface area (Å²) < 4.78 is 0. The standard InChI is InChI=1S/C15H13N3O2S/c19-7-1-2-11-8-16-6-5-12(11)14(20)18-15-17-13(9-21-15)10-3-4-10/h5-6,8-10,19H,3-4,7H2,(H,17,18,20). The molecular weight excluding hydrogens is 286 g/mol. The van der Waals surface area contributed by atoms with Gasteiger partial charge in [-0.05, 0) is 18.9 Å². The van der Waals surface area contributed by atoms with E-state index in [1.807, 2.05) is 5.38 Å². The van der Waals surface area contributed by atoms with Crippen molar-refractivity contribution in [2.45, 2.75) is 18.8 Å². The number of aliphatic hydroxyl groups is 1. The molecule has 0 radical (unpaired) electrons. The number of carbonyl (C=O) groups is 1. The van der Waals surface area contributed by atoms with Crippen LogP contribution in [0.15, 0.2) is 23.8 Å². The molecule has 106 valence electrons. The number of rotatable bonds is 3. The molecule has 1 amide bonds. The number of nitrogens with one attached hydrogen (secondary N) is 1. The van der Waals surface area contributed by atoms with Crippen LogP contribution in [-0.2, 0) is 0 Å². The predicted molar refractivity (Wildman–Crippen MR) is 80.2 cm³/mol. The molecule has 0 saturated heterocycles. The summed E-state index contributed by atoms with van der Waals surface area (Å²) in [6.45, 7) is -0.257. The highest BCUT2D eigenvalue weighted by atomic mass is 32.1. The van der Waals surface area contributed by atoms with E-state index in [1.54, 1.807) is 6.07 Å². The maximum absolute atomic E-state index is 12.3. The summed E-state index contributed by atoms with van der Waals surface area (Å²) >= 11 is 1.43. The Kier molecular flexibility index (Phi) is 3.95. The number of amides is 1. The second-order valence-electron chi connectivity index (χ2n) is 4.69. The van der Waals surface area contributed by atoms with Crippen molar-refractivity contribution in [2.75, 3.05) is 11.9 Å². The van der Waals surface area contributed by atoms with E-state index >= 15 is 0 Å². The van der Waals surface area contributed by atoms with Gasteiger partial charge in [0, 0.05) is 23.7 Å². The molecule has 6 heteroatoms. The van der Waals surface area contributed by atoms with E-state index in [2.05, 4.69) is 27.1 Å². The first-order valence-electron chi connectivity index (χ1n) is 6.58. The van der Waals surface area contributed by atoms with Gasteiger partial charge in [0.15, 0.2) is 5.13 Å². The van der Waals surface area contributed by atoms with Crippen LogP contribution < -0.4 is 5.32 Å². The van der Waals surface area contributed by atoms with Crippen LogP contribution in [0.5, 0.6) is 0 Å². The number of anilines is 1. The van der Waals surface area contributed by atoms with Gasteiger partial charge in [-0.15, -0.1) is 11.3 Å². The number of aromatic nitrogens is 2. The van der Waals surface area contributed by atoms with E-state index in [9.17, 15) is 4.79 Å². The lowest BCUT2D eigenvalue weighted by Crippen LogP contribution is -2.13. The average Bonchev–Trinajstić information content (AvgIpc) is 3.26. The molecule has 0 bridgehead atoms. The first-order chi connectivity index (χ1) is 10.3. The first kappa shape index (κ1) is 13.7. The fourth-order valence-electron chi connectivity index (χ4n) is 1.90. The fraction of sp³-hybridized carbons (Fsp3) is 0.267. The molecule has 0 unspecified atom stereocenters. The molecule has 0 aromatic carbocycles. The summed E-state index contributed by atoms with van der Waals surface area (Å²) in [6, 6.07) is 1.60. The average molecular weight is 299 g/mol. The Balaban J connectivity index is 1.78. The second-order valence-corrected chi connectivity index (χ2v) is 5.55. The number of thiazole rings is 1. The van der Waals surface area contributed by atoms with E-state index in [0.717, 1.165) is 5.69 Å². The van der Waals surface area contributed by atoms with E-state index in [0.29, 0.717) is 22.2 Å². The highest BCUT2D eigenvalue weighted by Crippen LogP contribution is 2.40. The predicted octanol–water partition coefficient (Wildman–Crippen LogP) is 2.01. The molecule has 1 saturated carbocycles. The number of hydrogen-bond acceptors (Lipinski definition) is 5. The van der Waals surface area contributed by atoms with Gasteiger partial charge in [-0.3, -0.25) is 15.1 Å². The Hall–Kier alpha value is -2.23. The molecule has 2 aromatic heterocycles. The maximum atomic E-state index is 12.3. The number of nitrogens with zero attached hydrogens (tertiary/aromatic N) is 2. The largest absolute Gasteiger partial charge is 0.384 e. The lowest BCUT2D eigenvalue weighted by molar-refractivity contribution is 0.102. The van der Waals surface area contributed by atoms with Crippen LogP contribution in [0.3, 0.4) is 0 Å². The minimum atomic E-state index is -0.267. The molecular formula is C15H13N3O2S. The van der Waals surface area contributed by atoms with Crippen molar-refractivity contribution >= 4 is 22.4 Å². The van der Waals surface area contributed by atoms with Gasteiger partial charge in [0.2, 0.25) is 0 Å². The maximum Gasteiger partial charge on any atom is 0.258 e. The second kappa shape index (κ2) is 6.04. The first-order valence-corrected chi connectivity index (χ1v) is 7.46. The third-order valence-corrected chi connectivity index (χ3v) is 3.88. The summed E-state index contributed by atoms with van der Waals surface area (Å²) in [4.78, 5) is 20.7. The minimum Gasteiger partial charge on any atom is -0.384 e. The van der Waals surface area contributed by atoms with Crippen molar-refractivity contribution in [1.82, 2.24) is 9.97 Å². The quantitative estimate of drug-likeness (QED) is 0.850. The minimum absolute atomic E-state index is 0.257. The monoisotopic (exact) mass is 299 g/mol. The van der Waals surface area contributed by atoms with Crippen LogP contribution in [0, 0.1) is 11.8 Å². The molecule has 2 N–H and O–H groups in total. The molecule has 0 spiro atoms. The van der Waals surface area contributed by atoms with Gasteiger partial charge < -0.3 is 5.11 Å². The Morgan fingerprint density at radius 1 is 1.52 bits per heavy atom. The summed E-state index contributed by atoms with van der Waals surface area (Å²) in [6.07, 6.45) is 5.41. The van der Waals surface area contributed by atoms with Gasteiger partial charge in [0.1, 0.15) is 6.61 Å². The van der Waals surface area contributed by atoms with Crippen LogP contribution in [0.2, 0.25) is 0 Å². The molecule has 2 heterocycles. The van der Waals surface area contributed by atoms with Crippen LogP contribution in [-0.4, -0.2) is 27.6 Å². The van der Waals surface area contributed by atoms with Crippen molar-refractivity contribution in [3.05, 3.63) is 40.7 Å². The molecule has 5 nitrogen and oxygen atoms in total. The van der Waals surface area contributed by atoms with Crippen LogP contribution in [0.1, 0.15) is 40.4 Å². The summed E-state index contributed by atoms with van der Waals surface area (Å²) in [7, 11) is 0. The van der Waals surface area contributed by atoms with E-state index in [-0.39, 0.29) is 12.5 Å². The third kappa shape index (κ3) is 3.27. The number of pyridine rings is 1. The molecule has 3 rings (SSSR count). The number of hydrogen-bond donors (Lipinski definition) is 2. The van der Waals surface area contributed by atoms with Crippen molar-refractivity contribution in [3.8, 4) is 11.8 Å². The van der Waals surface area contributed by atoms with Crippen molar-refractivity contribution in [2.24, 2.45) is 0 Å². The van der Waals surface area contributed by atoms with E-state index in [1.165, 1.54) is 36.6 Å². The van der Waals surface area contributed by atoms with E-state index in [4.69, 9.17) is 5.11 Å². The zero-order chi connectivity index (χ0) is 14.7. The van der Waals surface area contributed by atoms with Crippen molar-refractivity contribution in [1.29, 1.82) is 0 Å². The summed E-state index contributed by atoms with van der Waals surface area (Å²) in [5, 5.41) is 14.1. The Morgan fingerprint density at radius 3 is 3.14 bits per heavy atom. The van der Waals surface area contributed by atoms with Crippen LogP contribution in [0.25, 0.3) is 0 Å². The molecule has 1 fully saturated rings. The Morgan fingerprint density at radius 2 is 2.38 bits per heavy atom. The molecule has 1 aliphatic rings. The van der Waals surface area contributed by atoms with Crippen molar-refractivity contribution in [3.63, 3.8) is 0 Å². The highest BCUT2D eigenvalue weighted by molar-refractivity contribution is 7.14. The van der Waals surface area contributed by atoms with Gasteiger partial charge in [0.05, 0.1) is 16.8 Å². The normalized spacial score (nSPS) is 13.4. The molecule has 0 atom stereocenters. The van der Waals surface area contributed by atoms with Gasteiger partial charge in [-0.2, -0.15) is 0 Å².